The van der Waals surface area contributed by atoms with E-state index in [0.717, 1.165) is 10.6 Å². The summed E-state index contributed by atoms with van der Waals surface area (Å²) in [5.74, 6) is -0.572. The van der Waals surface area contributed by atoms with E-state index in [1.165, 1.54) is 13.2 Å². The number of thioether (sulfide) groups is 1. The predicted octanol–water partition coefficient (Wildman–Crippen LogP) is 3.38. The lowest BCUT2D eigenvalue weighted by molar-refractivity contribution is 0.0594. The lowest BCUT2D eigenvalue weighted by Crippen LogP contribution is -2.09. The van der Waals surface area contributed by atoms with Crippen LogP contribution in [-0.2, 0) is 4.74 Å². The topological polar surface area (TPSA) is 64.1 Å². The molecule has 0 aliphatic carbocycles. The number of aromatic nitrogens is 2. The van der Waals surface area contributed by atoms with Crippen molar-refractivity contribution in [2.75, 3.05) is 18.7 Å². The number of ether oxygens (including phenoxy) is 1. The quantitative estimate of drug-likeness (QED) is 0.690. The number of rotatable bonds is 4. The summed E-state index contributed by atoms with van der Waals surface area (Å²) in [5.41, 5.74) is 1.36. The highest BCUT2D eigenvalue weighted by Crippen LogP contribution is 2.24. The molecule has 0 saturated heterocycles. The molecule has 7 heteroatoms. The zero-order chi connectivity index (χ0) is 14.5. The number of hydrogen-bond acceptors (Lipinski definition) is 6. The average Bonchev–Trinajstić information content (AvgIpc) is 2.47. The third kappa shape index (κ3) is 3.40. The fourth-order valence-electron chi connectivity index (χ4n) is 1.54. The fraction of sp³-hybridized carbons (Fsp3) is 0.154. The van der Waals surface area contributed by atoms with Crippen LogP contribution in [-0.4, -0.2) is 29.5 Å². The van der Waals surface area contributed by atoms with E-state index in [9.17, 15) is 4.79 Å². The van der Waals surface area contributed by atoms with Crippen LogP contribution in [0.3, 0.4) is 0 Å². The van der Waals surface area contributed by atoms with Crippen molar-refractivity contribution in [3.05, 3.63) is 41.2 Å². The predicted molar refractivity (Wildman–Crippen MR) is 79.9 cm³/mol. The van der Waals surface area contributed by atoms with Gasteiger partial charge in [-0.25, -0.2) is 4.79 Å². The molecule has 0 saturated carbocycles. The van der Waals surface area contributed by atoms with Crippen molar-refractivity contribution >= 4 is 40.7 Å². The zero-order valence-electron chi connectivity index (χ0n) is 10.9. The number of carbonyl (C=O) groups excluding carboxylic acids is 1. The molecule has 0 unspecified atom stereocenters. The van der Waals surface area contributed by atoms with Gasteiger partial charge in [-0.05, 0) is 30.5 Å². The summed E-state index contributed by atoms with van der Waals surface area (Å²) in [7, 11) is 1.29. The second-order valence-electron chi connectivity index (χ2n) is 3.77. The van der Waals surface area contributed by atoms with Crippen LogP contribution in [0.15, 0.2) is 35.2 Å². The van der Waals surface area contributed by atoms with Gasteiger partial charge in [0, 0.05) is 16.6 Å². The minimum Gasteiger partial charge on any atom is -0.464 e. The highest BCUT2D eigenvalue weighted by atomic mass is 35.5. The Bertz CT molecular complexity index is 620. The number of carbonyl (C=O) groups is 1. The molecule has 1 aromatic carbocycles. The zero-order valence-corrected chi connectivity index (χ0v) is 12.5. The fourth-order valence-corrected chi connectivity index (χ4v) is 2.10. The van der Waals surface area contributed by atoms with E-state index in [0.29, 0.717) is 5.69 Å². The Balaban J connectivity index is 2.31. The van der Waals surface area contributed by atoms with Crippen LogP contribution in [0.1, 0.15) is 10.5 Å². The minimum absolute atomic E-state index is 0.0887. The molecule has 0 fully saturated rings. The van der Waals surface area contributed by atoms with E-state index < -0.39 is 5.97 Å². The van der Waals surface area contributed by atoms with E-state index in [1.807, 2.05) is 30.5 Å². The van der Waals surface area contributed by atoms with Gasteiger partial charge in [-0.1, -0.05) is 11.6 Å². The highest BCUT2D eigenvalue weighted by molar-refractivity contribution is 7.98. The van der Waals surface area contributed by atoms with E-state index in [-0.39, 0.29) is 10.8 Å². The number of nitrogens with zero attached hydrogens (tertiary/aromatic N) is 2. The van der Waals surface area contributed by atoms with E-state index in [1.54, 1.807) is 11.8 Å². The largest absolute Gasteiger partial charge is 0.464 e. The molecule has 2 aromatic rings. The van der Waals surface area contributed by atoms with Gasteiger partial charge in [-0.3, -0.25) is 0 Å². The smallest absolute Gasteiger partial charge is 0.360 e. The molecule has 0 bridgehead atoms. The van der Waals surface area contributed by atoms with Gasteiger partial charge >= 0.3 is 5.97 Å². The summed E-state index contributed by atoms with van der Waals surface area (Å²) in [6, 6.07) is 9.29. The Morgan fingerprint density at radius 2 is 2.00 bits per heavy atom. The molecule has 0 radical (unpaired) electrons. The van der Waals surface area contributed by atoms with Gasteiger partial charge < -0.3 is 10.1 Å². The van der Waals surface area contributed by atoms with Gasteiger partial charge in [0.15, 0.2) is 10.8 Å². The molecule has 1 heterocycles. The standard InChI is InChI=1S/C13H12ClN3O2S/c1-19-13(18)12-10(7-11(14)16-17-12)15-8-3-5-9(20-2)6-4-8/h3-7H,1-2H3,(H,15,16). The Morgan fingerprint density at radius 3 is 2.60 bits per heavy atom. The lowest BCUT2D eigenvalue weighted by atomic mass is 10.2. The van der Waals surface area contributed by atoms with Crippen molar-refractivity contribution in [2.24, 2.45) is 0 Å². The minimum atomic E-state index is -0.572. The van der Waals surface area contributed by atoms with Crippen LogP contribution in [0.5, 0.6) is 0 Å². The van der Waals surface area contributed by atoms with Crippen molar-refractivity contribution in [1.29, 1.82) is 0 Å². The van der Waals surface area contributed by atoms with Crippen molar-refractivity contribution < 1.29 is 9.53 Å². The number of anilines is 2. The Labute approximate surface area is 125 Å². The van der Waals surface area contributed by atoms with Crippen LogP contribution < -0.4 is 5.32 Å². The first kappa shape index (κ1) is 14.6. The van der Waals surface area contributed by atoms with Crippen LogP contribution in [0.25, 0.3) is 0 Å². The van der Waals surface area contributed by atoms with E-state index >= 15 is 0 Å². The molecule has 1 aromatic heterocycles. The van der Waals surface area contributed by atoms with E-state index in [4.69, 9.17) is 11.6 Å². The maximum absolute atomic E-state index is 11.6. The summed E-state index contributed by atoms with van der Waals surface area (Å²) < 4.78 is 4.66. The van der Waals surface area contributed by atoms with Gasteiger partial charge in [0.1, 0.15) is 0 Å². The third-order valence-corrected chi connectivity index (χ3v) is 3.44. The molecule has 5 nitrogen and oxygen atoms in total. The van der Waals surface area contributed by atoms with Gasteiger partial charge in [-0.15, -0.1) is 22.0 Å². The number of hydrogen-bond donors (Lipinski definition) is 1. The molecule has 0 aliphatic heterocycles. The number of methoxy groups -OCH3 is 1. The summed E-state index contributed by atoms with van der Waals surface area (Å²) in [6.45, 7) is 0. The normalized spacial score (nSPS) is 10.2. The molecule has 0 amide bonds. The monoisotopic (exact) mass is 309 g/mol. The highest BCUT2D eigenvalue weighted by Gasteiger charge is 2.15. The number of esters is 1. The average molecular weight is 310 g/mol. The first-order valence-corrected chi connectivity index (χ1v) is 7.27. The first-order valence-electron chi connectivity index (χ1n) is 5.66. The van der Waals surface area contributed by atoms with Crippen molar-refractivity contribution in [3.8, 4) is 0 Å². The first-order chi connectivity index (χ1) is 9.63. The van der Waals surface area contributed by atoms with Crippen molar-refractivity contribution in [2.45, 2.75) is 4.90 Å². The van der Waals surface area contributed by atoms with E-state index in [2.05, 4.69) is 20.3 Å². The molecule has 20 heavy (non-hydrogen) atoms. The van der Waals surface area contributed by atoms with Crippen molar-refractivity contribution in [1.82, 2.24) is 10.2 Å². The maximum atomic E-state index is 11.6. The Hall–Kier alpha value is -1.79. The molecule has 0 aliphatic rings. The number of benzene rings is 1. The van der Waals surface area contributed by atoms with Gasteiger partial charge in [-0.2, -0.15) is 0 Å². The molecule has 104 valence electrons. The number of halogens is 1. The second kappa shape index (κ2) is 6.58. The molecule has 0 spiro atoms. The van der Waals surface area contributed by atoms with Gasteiger partial charge in [0.25, 0.3) is 0 Å². The third-order valence-electron chi connectivity index (χ3n) is 2.51. The molecule has 0 atom stereocenters. The summed E-state index contributed by atoms with van der Waals surface area (Å²) in [5, 5.41) is 10.7. The molecular weight excluding hydrogens is 298 g/mol. The van der Waals surface area contributed by atoms with Crippen molar-refractivity contribution in [3.63, 3.8) is 0 Å². The van der Waals surface area contributed by atoms with Gasteiger partial charge in [0.05, 0.1) is 12.8 Å². The van der Waals surface area contributed by atoms with Crippen LogP contribution in [0, 0.1) is 0 Å². The van der Waals surface area contributed by atoms with Crippen LogP contribution >= 0.6 is 23.4 Å². The second-order valence-corrected chi connectivity index (χ2v) is 5.04. The summed E-state index contributed by atoms with van der Waals surface area (Å²) in [6.07, 6.45) is 2.00. The Kier molecular flexibility index (Phi) is 4.81. The number of nitrogens with one attached hydrogen (secondary N) is 1. The van der Waals surface area contributed by atoms with Crippen LogP contribution in [0.4, 0.5) is 11.4 Å². The lowest BCUT2D eigenvalue weighted by Gasteiger charge is -2.10. The summed E-state index contributed by atoms with van der Waals surface area (Å²) >= 11 is 7.46. The summed E-state index contributed by atoms with van der Waals surface area (Å²) in [4.78, 5) is 12.8. The maximum Gasteiger partial charge on any atom is 0.360 e. The molecule has 1 N–H and O–H groups in total. The van der Waals surface area contributed by atoms with Gasteiger partial charge in [0.2, 0.25) is 0 Å². The SMILES string of the molecule is COC(=O)c1nnc(Cl)cc1Nc1ccc(SC)cc1. The Morgan fingerprint density at radius 1 is 1.30 bits per heavy atom. The molecular formula is C13H12ClN3O2S. The molecule has 2 rings (SSSR count). The van der Waals surface area contributed by atoms with Crippen LogP contribution in [0.2, 0.25) is 5.15 Å².